The molecule has 8 heteroatoms. The van der Waals surface area contributed by atoms with Gasteiger partial charge in [0.05, 0.1) is 36.8 Å². The second-order valence-corrected chi connectivity index (χ2v) is 9.70. The van der Waals surface area contributed by atoms with Gasteiger partial charge in [0.25, 0.3) is 5.91 Å². The van der Waals surface area contributed by atoms with Crippen LogP contribution in [0.2, 0.25) is 0 Å². The third-order valence-electron chi connectivity index (χ3n) is 6.24. The smallest absolute Gasteiger partial charge is 0.272 e. The Morgan fingerprint density at radius 1 is 1.08 bits per heavy atom. The number of fused-ring (bicyclic) bond motifs is 1. The van der Waals surface area contributed by atoms with Gasteiger partial charge in [-0.05, 0) is 67.3 Å². The average Bonchev–Trinajstić information content (AvgIpc) is 3.55. The predicted molar refractivity (Wildman–Crippen MR) is 146 cm³/mol. The van der Waals surface area contributed by atoms with Gasteiger partial charge >= 0.3 is 0 Å². The first-order valence-electron chi connectivity index (χ1n) is 11.9. The molecule has 0 saturated heterocycles. The number of furan rings is 1. The minimum absolute atomic E-state index is 0.131. The van der Waals surface area contributed by atoms with Gasteiger partial charge in [-0.1, -0.05) is 18.2 Å². The van der Waals surface area contributed by atoms with Crippen LogP contribution in [0.15, 0.2) is 82.3 Å². The van der Waals surface area contributed by atoms with E-state index in [1.165, 1.54) is 0 Å². The van der Waals surface area contributed by atoms with Crippen molar-refractivity contribution in [2.24, 2.45) is 7.05 Å². The molecule has 0 aliphatic rings. The minimum Gasteiger partial charge on any atom is -0.497 e. The van der Waals surface area contributed by atoms with E-state index in [4.69, 9.17) is 14.1 Å². The van der Waals surface area contributed by atoms with E-state index in [1.807, 2.05) is 49.4 Å². The molecule has 5 rings (SSSR count). The number of ether oxygens (including phenoxy) is 1. The molecule has 0 bridgehead atoms. The van der Waals surface area contributed by atoms with Crippen LogP contribution in [0.5, 0.6) is 5.75 Å². The number of carbonyl (C=O) groups is 1. The number of aromatic nitrogens is 3. The SMILES string of the molecule is COc1cccc(-c2nc3cc(SC)ccc3cc2CN(Cc2ccco2)C(=O)c2cc(C)nn2C)c1. The van der Waals surface area contributed by atoms with Gasteiger partial charge in [0.1, 0.15) is 17.2 Å². The maximum absolute atomic E-state index is 13.8. The van der Waals surface area contributed by atoms with Gasteiger partial charge in [-0.15, -0.1) is 11.8 Å². The van der Waals surface area contributed by atoms with Crippen LogP contribution in [-0.2, 0) is 20.1 Å². The monoisotopic (exact) mass is 512 g/mol. The Kier molecular flexibility index (Phi) is 7.01. The molecule has 0 aliphatic heterocycles. The van der Waals surface area contributed by atoms with Crippen molar-refractivity contribution in [3.63, 3.8) is 0 Å². The summed E-state index contributed by atoms with van der Waals surface area (Å²) in [4.78, 5) is 21.8. The third kappa shape index (κ3) is 5.24. The van der Waals surface area contributed by atoms with Gasteiger partial charge in [0.15, 0.2) is 0 Å². The first kappa shape index (κ1) is 24.6. The summed E-state index contributed by atoms with van der Waals surface area (Å²) >= 11 is 1.68. The van der Waals surface area contributed by atoms with Gasteiger partial charge in [-0.25, -0.2) is 4.98 Å². The number of methoxy groups -OCH3 is 1. The van der Waals surface area contributed by atoms with Crippen molar-refractivity contribution in [1.29, 1.82) is 0 Å². The van der Waals surface area contributed by atoms with Crippen LogP contribution in [0.25, 0.3) is 22.2 Å². The molecular formula is C29H28N4O3S. The summed E-state index contributed by atoms with van der Waals surface area (Å²) < 4.78 is 12.7. The summed E-state index contributed by atoms with van der Waals surface area (Å²) in [5, 5.41) is 5.39. The molecule has 3 aromatic heterocycles. The van der Waals surface area contributed by atoms with E-state index in [9.17, 15) is 4.79 Å². The molecular weight excluding hydrogens is 484 g/mol. The Labute approximate surface area is 220 Å². The highest BCUT2D eigenvalue weighted by atomic mass is 32.2. The molecule has 0 atom stereocenters. The highest BCUT2D eigenvalue weighted by molar-refractivity contribution is 7.98. The zero-order chi connectivity index (χ0) is 25.9. The zero-order valence-corrected chi connectivity index (χ0v) is 22.1. The van der Waals surface area contributed by atoms with Gasteiger partial charge in [0, 0.05) is 29.4 Å². The molecule has 188 valence electrons. The molecule has 0 spiro atoms. The maximum Gasteiger partial charge on any atom is 0.272 e. The first-order valence-corrected chi connectivity index (χ1v) is 13.1. The quantitative estimate of drug-likeness (QED) is 0.234. The van der Waals surface area contributed by atoms with Crippen molar-refractivity contribution >= 4 is 28.6 Å². The van der Waals surface area contributed by atoms with E-state index in [0.717, 1.165) is 44.1 Å². The predicted octanol–water partition coefficient (Wildman–Crippen LogP) is 6.11. The van der Waals surface area contributed by atoms with Crippen molar-refractivity contribution in [3.8, 4) is 17.0 Å². The van der Waals surface area contributed by atoms with Crippen molar-refractivity contribution in [2.45, 2.75) is 24.9 Å². The van der Waals surface area contributed by atoms with Crippen molar-refractivity contribution < 1.29 is 13.9 Å². The van der Waals surface area contributed by atoms with Gasteiger partial charge in [-0.2, -0.15) is 5.10 Å². The Bertz CT molecular complexity index is 1560. The number of aryl methyl sites for hydroxylation is 2. The summed E-state index contributed by atoms with van der Waals surface area (Å²) in [7, 11) is 3.44. The zero-order valence-electron chi connectivity index (χ0n) is 21.3. The number of nitrogens with zero attached hydrogens (tertiary/aromatic N) is 4. The van der Waals surface area contributed by atoms with Gasteiger partial charge in [-0.3, -0.25) is 9.48 Å². The summed E-state index contributed by atoms with van der Waals surface area (Å²) in [5.74, 6) is 1.32. The normalized spacial score (nSPS) is 11.1. The lowest BCUT2D eigenvalue weighted by Crippen LogP contribution is -2.31. The largest absolute Gasteiger partial charge is 0.497 e. The van der Waals surface area contributed by atoms with Crippen LogP contribution in [0.4, 0.5) is 0 Å². The Morgan fingerprint density at radius 3 is 2.65 bits per heavy atom. The molecule has 2 aromatic carbocycles. The number of amides is 1. The number of benzene rings is 2. The number of hydrogen-bond acceptors (Lipinski definition) is 6. The molecule has 1 amide bonds. The van der Waals surface area contributed by atoms with Crippen LogP contribution >= 0.6 is 11.8 Å². The van der Waals surface area contributed by atoms with E-state index in [0.29, 0.717) is 24.5 Å². The van der Waals surface area contributed by atoms with Crippen LogP contribution < -0.4 is 4.74 Å². The van der Waals surface area contributed by atoms with E-state index < -0.39 is 0 Å². The van der Waals surface area contributed by atoms with E-state index in [-0.39, 0.29) is 5.91 Å². The van der Waals surface area contributed by atoms with Gasteiger partial charge in [0.2, 0.25) is 0 Å². The molecule has 0 N–H and O–H groups in total. The number of pyridine rings is 1. The van der Waals surface area contributed by atoms with Crippen molar-refractivity contribution in [2.75, 3.05) is 13.4 Å². The lowest BCUT2D eigenvalue weighted by atomic mass is 10.0. The molecule has 37 heavy (non-hydrogen) atoms. The number of rotatable bonds is 8. The second kappa shape index (κ2) is 10.5. The molecule has 0 fully saturated rings. The summed E-state index contributed by atoms with van der Waals surface area (Å²) in [6.45, 7) is 2.53. The molecule has 0 saturated carbocycles. The Balaban J connectivity index is 1.63. The summed E-state index contributed by atoms with van der Waals surface area (Å²) in [6.07, 6.45) is 3.67. The Hall–Kier alpha value is -4.04. The van der Waals surface area contributed by atoms with Crippen LogP contribution in [-0.4, -0.2) is 38.9 Å². The lowest BCUT2D eigenvalue weighted by molar-refractivity contribution is 0.0706. The number of hydrogen-bond donors (Lipinski definition) is 0. The first-order chi connectivity index (χ1) is 17.9. The number of thioether (sulfide) groups is 1. The summed E-state index contributed by atoms with van der Waals surface area (Å²) in [6, 6.07) is 21.7. The van der Waals surface area contributed by atoms with Crippen LogP contribution in [0.1, 0.15) is 27.5 Å². The number of carbonyl (C=O) groups excluding carboxylic acids is 1. The molecule has 0 aliphatic carbocycles. The average molecular weight is 513 g/mol. The molecule has 0 radical (unpaired) electrons. The fourth-order valence-electron chi connectivity index (χ4n) is 4.43. The van der Waals surface area contributed by atoms with Crippen LogP contribution in [0.3, 0.4) is 0 Å². The van der Waals surface area contributed by atoms with E-state index in [1.54, 1.807) is 41.8 Å². The van der Waals surface area contributed by atoms with Crippen molar-refractivity contribution in [3.05, 3.63) is 95.7 Å². The Morgan fingerprint density at radius 2 is 1.95 bits per heavy atom. The molecule has 7 nitrogen and oxygen atoms in total. The van der Waals surface area contributed by atoms with Gasteiger partial charge < -0.3 is 14.1 Å². The molecule has 0 unspecified atom stereocenters. The topological polar surface area (TPSA) is 73.4 Å². The molecule has 5 aromatic rings. The fraction of sp³-hybridized carbons (Fsp3) is 0.207. The van der Waals surface area contributed by atoms with E-state index in [2.05, 4.69) is 35.6 Å². The summed E-state index contributed by atoms with van der Waals surface area (Å²) in [5.41, 5.74) is 4.87. The second-order valence-electron chi connectivity index (χ2n) is 8.82. The third-order valence-corrected chi connectivity index (χ3v) is 6.97. The van der Waals surface area contributed by atoms with Crippen molar-refractivity contribution in [1.82, 2.24) is 19.7 Å². The van der Waals surface area contributed by atoms with Crippen LogP contribution in [0, 0.1) is 6.92 Å². The fourth-order valence-corrected chi connectivity index (χ4v) is 4.86. The minimum atomic E-state index is -0.131. The maximum atomic E-state index is 13.8. The standard InChI is InChI=1S/C29H28N4O3S/c1-19-13-27(32(2)31-19)29(34)33(18-24-9-6-12-36-24)17-22-14-20-10-11-25(37-4)16-26(20)30-28(22)21-7-5-8-23(15-21)35-3/h5-16H,17-18H2,1-4H3. The molecule has 3 heterocycles. The van der Waals surface area contributed by atoms with E-state index >= 15 is 0 Å². The highest BCUT2D eigenvalue weighted by Crippen LogP contribution is 2.31. The highest BCUT2D eigenvalue weighted by Gasteiger charge is 2.23. The lowest BCUT2D eigenvalue weighted by Gasteiger charge is -2.23.